The Bertz CT molecular complexity index is 727. The molecule has 15 nitrogen and oxygen atoms in total. The van der Waals surface area contributed by atoms with E-state index in [1.807, 2.05) is 5.32 Å². The number of carboxylic acids is 1. The first-order valence-corrected chi connectivity index (χ1v) is 9.49. The van der Waals surface area contributed by atoms with E-state index in [2.05, 4.69) is 10.6 Å². The number of hydrogen-bond donors (Lipinski definition) is 9. The van der Waals surface area contributed by atoms with Crippen molar-refractivity contribution in [2.45, 2.75) is 69.5 Å². The molecule has 0 saturated carbocycles. The van der Waals surface area contributed by atoms with Crippen molar-refractivity contribution in [1.29, 1.82) is 0 Å². The minimum Gasteiger partial charge on any atom is -0.480 e. The van der Waals surface area contributed by atoms with E-state index in [4.69, 9.17) is 22.3 Å². The molecule has 6 unspecified atom stereocenters. The molecule has 0 aromatic heterocycles. The lowest BCUT2D eigenvalue weighted by Crippen LogP contribution is -2.60. The van der Waals surface area contributed by atoms with E-state index in [0.29, 0.717) is 0 Å². The van der Waals surface area contributed by atoms with Crippen LogP contribution in [0.2, 0.25) is 0 Å². The standard InChI is InChI=1S/C17H30N6O9/c1-6(24)12(20)15(29)23-13(7(2)25)16(30)21-8(3-4-10(18)26)14(28)22-9(17(31)32)5-11(19)27/h6-9,12-13,24-25H,3-5,20H2,1-2H3,(H2,18,26)(H2,19,27)(H,21,30)(H,22,28)(H,23,29)(H,31,32). The molecule has 15 heteroatoms. The van der Waals surface area contributed by atoms with Crippen LogP contribution < -0.4 is 33.2 Å². The summed E-state index contributed by atoms with van der Waals surface area (Å²) < 4.78 is 0. The zero-order valence-electron chi connectivity index (χ0n) is 17.6. The van der Waals surface area contributed by atoms with Crippen LogP contribution >= 0.6 is 0 Å². The highest BCUT2D eigenvalue weighted by molar-refractivity contribution is 5.95. The fourth-order valence-corrected chi connectivity index (χ4v) is 2.36. The second kappa shape index (κ2) is 13.2. The normalized spacial score (nSPS) is 16.4. The van der Waals surface area contributed by atoms with Gasteiger partial charge in [-0.05, 0) is 20.3 Å². The number of rotatable bonds is 14. The van der Waals surface area contributed by atoms with Crippen LogP contribution in [0.15, 0.2) is 0 Å². The van der Waals surface area contributed by atoms with Gasteiger partial charge in [-0.1, -0.05) is 0 Å². The summed E-state index contributed by atoms with van der Waals surface area (Å²) in [5.41, 5.74) is 15.5. The smallest absolute Gasteiger partial charge is 0.326 e. The largest absolute Gasteiger partial charge is 0.480 e. The van der Waals surface area contributed by atoms with E-state index in [1.165, 1.54) is 6.92 Å². The molecule has 6 atom stereocenters. The van der Waals surface area contributed by atoms with E-state index in [0.717, 1.165) is 6.92 Å². The lowest BCUT2D eigenvalue weighted by molar-refractivity contribution is -0.144. The second-order valence-corrected chi connectivity index (χ2v) is 7.13. The van der Waals surface area contributed by atoms with Gasteiger partial charge in [0, 0.05) is 6.42 Å². The van der Waals surface area contributed by atoms with Gasteiger partial charge < -0.3 is 48.5 Å². The maximum absolute atomic E-state index is 12.6. The lowest BCUT2D eigenvalue weighted by Gasteiger charge is -2.26. The number of nitrogens with one attached hydrogen (secondary N) is 3. The van der Waals surface area contributed by atoms with Crippen molar-refractivity contribution in [2.75, 3.05) is 0 Å². The highest BCUT2D eigenvalue weighted by Crippen LogP contribution is 2.04. The first kappa shape index (κ1) is 28.7. The van der Waals surface area contributed by atoms with Crippen molar-refractivity contribution in [3.63, 3.8) is 0 Å². The van der Waals surface area contributed by atoms with Crippen LogP contribution in [0.3, 0.4) is 0 Å². The highest BCUT2D eigenvalue weighted by Gasteiger charge is 2.33. The third kappa shape index (κ3) is 10.1. The van der Waals surface area contributed by atoms with Gasteiger partial charge >= 0.3 is 5.97 Å². The summed E-state index contributed by atoms with van der Waals surface area (Å²) in [5.74, 6) is -6.53. The molecule has 0 aromatic rings. The van der Waals surface area contributed by atoms with Crippen molar-refractivity contribution < 1.29 is 44.1 Å². The Labute approximate surface area is 183 Å². The van der Waals surface area contributed by atoms with Crippen LogP contribution in [0.25, 0.3) is 0 Å². The summed E-state index contributed by atoms with van der Waals surface area (Å²) in [6.45, 7) is 2.39. The van der Waals surface area contributed by atoms with Gasteiger partial charge in [-0.15, -0.1) is 0 Å². The molecule has 0 fully saturated rings. The lowest BCUT2D eigenvalue weighted by atomic mass is 10.1. The summed E-state index contributed by atoms with van der Waals surface area (Å²) in [7, 11) is 0. The minimum atomic E-state index is -1.70. The SMILES string of the molecule is CC(O)C(N)C(=O)NC(C(=O)NC(CCC(N)=O)C(=O)NC(CC(N)=O)C(=O)O)C(C)O. The third-order valence-electron chi connectivity index (χ3n) is 4.22. The molecule has 0 radical (unpaired) electrons. The van der Waals surface area contributed by atoms with Gasteiger partial charge in [0.25, 0.3) is 0 Å². The van der Waals surface area contributed by atoms with Crippen molar-refractivity contribution in [2.24, 2.45) is 17.2 Å². The van der Waals surface area contributed by atoms with Gasteiger partial charge in [0.2, 0.25) is 29.5 Å². The van der Waals surface area contributed by atoms with Crippen molar-refractivity contribution in [3.8, 4) is 0 Å². The summed E-state index contributed by atoms with van der Waals surface area (Å²) in [4.78, 5) is 70.5. The molecule has 32 heavy (non-hydrogen) atoms. The number of aliphatic hydroxyl groups excluding tert-OH is 2. The van der Waals surface area contributed by atoms with Crippen molar-refractivity contribution in [1.82, 2.24) is 16.0 Å². The van der Waals surface area contributed by atoms with Gasteiger partial charge in [0.1, 0.15) is 24.2 Å². The van der Waals surface area contributed by atoms with Crippen LogP contribution in [-0.4, -0.2) is 87.2 Å². The first-order chi connectivity index (χ1) is 14.7. The Morgan fingerprint density at radius 1 is 0.781 bits per heavy atom. The molecule has 0 bridgehead atoms. The first-order valence-electron chi connectivity index (χ1n) is 9.49. The van der Waals surface area contributed by atoms with Gasteiger partial charge in [0.05, 0.1) is 18.6 Å². The summed E-state index contributed by atoms with van der Waals surface area (Å²) in [6.07, 6.45) is -4.21. The van der Waals surface area contributed by atoms with E-state index < -0.39 is 78.3 Å². The highest BCUT2D eigenvalue weighted by atomic mass is 16.4. The molecule has 182 valence electrons. The molecule has 12 N–H and O–H groups in total. The van der Waals surface area contributed by atoms with E-state index in [9.17, 15) is 39.0 Å². The zero-order valence-corrected chi connectivity index (χ0v) is 17.6. The summed E-state index contributed by atoms with van der Waals surface area (Å²) in [5, 5.41) is 34.7. The summed E-state index contributed by atoms with van der Waals surface area (Å²) >= 11 is 0. The number of aliphatic hydroxyl groups is 2. The van der Waals surface area contributed by atoms with Crippen molar-refractivity contribution in [3.05, 3.63) is 0 Å². The van der Waals surface area contributed by atoms with Crippen molar-refractivity contribution >= 4 is 35.5 Å². The van der Waals surface area contributed by atoms with E-state index >= 15 is 0 Å². The Balaban J connectivity index is 5.54. The number of nitrogens with two attached hydrogens (primary N) is 3. The molecular formula is C17H30N6O9. The number of amides is 5. The molecule has 0 aromatic carbocycles. The monoisotopic (exact) mass is 462 g/mol. The fraction of sp³-hybridized carbons (Fsp3) is 0.647. The molecule has 0 aliphatic heterocycles. The Morgan fingerprint density at radius 3 is 1.72 bits per heavy atom. The van der Waals surface area contributed by atoms with Crippen LogP contribution in [0.1, 0.15) is 33.1 Å². The van der Waals surface area contributed by atoms with Crippen LogP contribution in [-0.2, 0) is 28.8 Å². The molecular weight excluding hydrogens is 432 g/mol. The Morgan fingerprint density at radius 2 is 1.31 bits per heavy atom. The van der Waals surface area contributed by atoms with Gasteiger partial charge in [-0.2, -0.15) is 0 Å². The van der Waals surface area contributed by atoms with Gasteiger partial charge in [-0.3, -0.25) is 24.0 Å². The summed E-state index contributed by atoms with van der Waals surface area (Å²) in [6, 6.07) is -6.25. The van der Waals surface area contributed by atoms with E-state index in [1.54, 1.807) is 0 Å². The predicted molar refractivity (Wildman–Crippen MR) is 107 cm³/mol. The quantitative estimate of drug-likeness (QED) is 0.118. The van der Waals surface area contributed by atoms with E-state index in [-0.39, 0.29) is 12.8 Å². The second-order valence-electron chi connectivity index (χ2n) is 7.13. The molecule has 0 heterocycles. The average molecular weight is 462 g/mol. The number of hydrogen-bond acceptors (Lipinski definition) is 9. The topological polar surface area (TPSA) is 277 Å². The Hall–Kier alpha value is -3.30. The minimum absolute atomic E-state index is 0.358. The maximum atomic E-state index is 12.6. The predicted octanol–water partition coefficient (Wildman–Crippen LogP) is -5.24. The average Bonchev–Trinajstić information content (AvgIpc) is 2.66. The molecule has 5 amide bonds. The molecule has 0 rings (SSSR count). The van der Waals surface area contributed by atoms with Crippen LogP contribution in [0.4, 0.5) is 0 Å². The molecule has 0 spiro atoms. The molecule has 0 aliphatic rings. The third-order valence-corrected chi connectivity index (χ3v) is 4.22. The number of primary amides is 2. The fourth-order valence-electron chi connectivity index (χ4n) is 2.36. The number of carbonyl (C=O) groups excluding carboxylic acids is 5. The zero-order chi connectivity index (χ0) is 25.2. The van der Waals surface area contributed by atoms with Crippen LogP contribution in [0.5, 0.6) is 0 Å². The number of aliphatic carboxylic acids is 1. The number of carbonyl (C=O) groups is 6. The molecule has 0 aliphatic carbocycles. The van der Waals surface area contributed by atoms with Crippen LogP contribution in [0, 0.1) is 0 Å². The van der Waals surface area contributed by atoms with Gasteiger partial charge in [0.15, 0.2) is 0 Å². The molecule has 0 saturated heterocycles. The van der Waals surface area contributed by atoms with Gasteiger partial charge in [-0.25, -0.2) is 4.79 Å². The maximum Gasteiger partial charge on any atom is 0.326 e. The number of carboxylic acid groups (broad SMARTS) is 1. The Kier molecular flexibility index (Phi) is 11.8.